The lowest BCUT2D eigenvalue weighted by molar-refractivity contribution is 0.610. The second-order valence-electron chi connectivity index (χ2n) is 7.06. The molecule has 0 saturated heterocycles. The van der Waals surface area contributed by atoms with Gasteiger partial charge in [-0.2, -0.15) is 0 Å². The maximum Gasteiger partial charge on any atom is 0.0543 e. The second-order valence-corrected chi connectivity index (χ2v) is 7.06. The van der Waals surface area contributed by atoms with Crippen LogP contribution < -0.4 is 10.6 Å². The van der Waals surface area contributed by atoms with Crippen molar-refractivity contribution in [2.45, 2.75) is 18.0 Å². The van der Waals surface area contributed by atoms with Crippen molar-refractivity contribution in [1.82, 2.24) is 10.6 Å². The quantitative estimate of drug-likeness (QED) is 0.884. The van der Waals surface area contributed by atoms with E-state index in [4.69, 9.17) is 0 Å². The lowest BCUT2D eigenvalue weighted by atomic mass is 9.76. The summed E-state index contributed by atoms with van der Waals surface area (Å²) in [5.41, 5.74) is 5.81. The van der Waals surface area contributed by atoms with Crippen LogP contribution >= 0.6 is 0 Å². The highest BCUT2D eigenvalue weighted by Gasteiger charge is 2.37. The number of benzene rings is 1. The van der Waals surface area contributed by atoms with Crippen LogP contribution in [0.15, 0.2) is 102 Å². The molecule has 2 N–H and O–H groups in total. The average molecular weight is 326 g/mol. The number of allylic oxidation sites excluding steroid dienone is 4. The summed E-state index contributed by atoms with van der Waals surface area (Å²) >= 11 is 0. The van der Waals surface area contributed by atoms with Crippen LogP contribution in [0.5, 0.6) is 0 Å². The zero-order valence-electron chi connectivity index (χ0n) is 14.1. The van der Waals surface area contributed by atoms with Crippen molar-refractivity contribution in [2.24, 2.45) is 5.92 Å². The first-order valence-corrected chi connectivity index (χ1v) is 9.09. The van der Waals surface area contributed by atoms with Gasteiger partial charge in [0.1, 0.15) is 0 Å². The molecule has 2 heterocycles. The second kappa shape index (κ2) is 6.05. The molecule has 1 aromatic rings. The molecule has 124 valence electrons. The van der Waals surface area contributed by atoms with Crippen LogP contribution in [-0.2, 0) is 0 Å². The molecule has 5 rings (SSSR count). The van der Waals surface area contributed by atoms with E-state index >= 15 is 0 Å². The first kappa shape index (κ1) is 14.7. The number of rotatable bonds is 3. The predicted octanol–water partition coefficient (Wildman–Crippen LogP) is 3.76. The molecule has 0 aromatic heterocycles. The fourth-order valence-corrected chi connectivity index (χ4v) is 4.51. The maximum absolute atomic E-state index is 3.66. The molecule has 0 radical (unpaired) electrons. The van der Waals surface area contributed by atoms with Gasteiger partial charge in [-0.05, 0) is 28.5 Å². The molecule has 4 aliphatic rings. The van der Waals surface area contributed by atoms with Gasteiger partial charge < -0.3 is 10.6 Å². The first-order valence-electron chi connectivity index (χ1n) is 9.09. The maximum atomic E-state index is 3.66. The molecular formula is C23H22N2. The normalized spacial score (nSPS) is 30.1. The highest BCUT2D eigenvalue weighted by Crippen LogP contribution is 2.43. The minimum Gasteiger partial charge on any atom is -0.384 e. The Morgan fingerprint density at radius 2 is 1.76 bits per heavy atom. The third kappa shape index (κ3) is 2.45. The zero-order chi connectivity index (χ0) is 16.6. The molecule has 25 heavy (non-hydrogen) atoms. The van der Waals surface area contributed by atoms with E-state index in [9.17, 15) is 0 Å². The van der Waals surface area contributed by atoms with E-state index < -0.39 is 0 Å². The van der Waals surface area contributed by atoms with Crippen LogP contribution in [0.1, 0.15) is 11.5 Å². The third-order valence-corrected chi connectivity index (χ3v) is 5.69. The summed E-state index contributed by atoms with van der Waals surface area (Å²) < 4.78 is 0. The molecular weight excluding hydrogens is 304 g/mol. The van der Waals surface area contributed by atoms with E-state index in [0.29, 0.717) is 23.9 Å². The van der Waals surface area contributed by atoms with Gasteiger partial charge in [0, 0.05) is 18.4 Å². The molecule has 4 atom stereocenters. The summed E-state index contributed by atoms with van der Waals surface area (Å²) in [5.74, 6) is 0.758. The standard InChI is InChI=1S/C23H22N2/c1-2-8-16(9-3-1)23(19-14-24-21-12-6-4-10-17(19)21)20-15-25-22-13-7-5-11-18(20)22/h1-14,17,21-25H,15H2. The van der Waals surface area contributed by atoms with Gasteiger partial charge in [-0.3, -0.25) is 0 Å². The molecule has 2 aliphatic carbocycles. The summed E-state index contributed by atoms with van der Waals surface area (Å²) in [6, 6.07) is 11.7. The summed E-state index contributed by atoms with van der Waals surface area (Å²) in [6.45, 7) is 0.947. The number of fused-ring (bicyclic) bond motifs is 2. The average Bonchev–Trinajstić information content (AvgIpc) is 3.29. The number of hydrogen-bond acceptors (Lipinski definition) is 2. The highest BCUT2D eigenvalue weighted by atomic mass is 14.9. The smallest absolute Gasteiger partial charge is 0.0543 e. The van der Waals surface area contributed by atoms with Gasteiger partial charge in [-0.25, -0.2) is 0 Å². The van der Waals surface area contributed by atoms with E-state index in [0.717, 1.165) is 6.54 Å². The molecule has 2 aliphatic heterocycles. The Morgan fingerprint density at radius 3 is 2.68 bits per heavy atom. The number of nitrogens with one attached hydrogen (secondary N) is 2. The Balaban J connectivity index is 1.62. The minimum atomic E-state index is 0.323. The predicted molar refractivity (Wildman–Crippen MR) is 103 cm³/mol. The lowest BCUT2D eigenvalue weighted by Gasteiger charge is -2.27. The van der Waals surface area contributed by atoms with Crippen molar-refractivity contribution in [2.75, 3.05) is 6.54 Å². The largest absolute Gasteiger partial charge is 0.384 e. The van der Waals surface area contributed by atoms with Gasteiger partial charge in [0.15, 0.2) is 0 Å². The Hall–Kier alpha value is -2.58. The van der Waals surface area contributed by atoms with Gasteiger partial charge in [-0.1, -0.05) is 78.9 Å². The molecule has 0 fully saturated rings. The van der Waals surface area contributed by atoms with Gasteiger partial charge in [0.05, 0.1) is 12.1 Å². The van der Waals surface area contributed by atoms with E-state index in [1.807, 2.05) is 0 Å². The lowest BCUT2D eigenvalue weighted by Crippen LogP contribution is -2.26. The van der Waals surface area contributed by atoms with Crippen LogP contribution in [0.25, 0.3) is 0 Å². The van der Waals surface area contributed by atoms with Crippen LogP contribution in [-0.4, -0.2) is 18.6 Å². The number of hydrogen-bond donors (Lipinski definition) is 2. The van der Waals surface area contributed by atoms with Crippen LogP contribution in [0.4, 0.5) is 0 Å². The van der Waals surface area contributed by atoms with Crippen LogP contribution in [0.2, 0.25) is 0 Å². The van der Waals surface area contributed by atoms with E-state index in [2.05, 4.69) is 95.8 Å². The third-order valence-electron chi connectivity index (χ3n) is 5.69. The van der Waals surface area contributed by atoms with Crippen molar-refractivity contribution in [3.05, 3.63) is 107 Å². The summed E-state index contributed by atoms with van der Waals surface area (Å²) in [5, 5.41) is 7.24. The molecule has 4 unspecified atom stereocenters. The molecule has 0 spiro atoms. The summed E-state index contributed by atoms with van der Waals surface area (Å²) in [7, 11) is 0. The Morgan fingerprint density at radius 1 is 0.920 bits per heavy atom. The van der Waals surface area contributed by atoms with Crippen molar-refractivity contribution < 1.29 is 0 Å². The topological polar surface area (TPSA) is 24.1 Å². The monoisotopic (exact) mass is 326 g/mol. The van der Waals surface area contributed by atoms with Crippen LogP contribution in [0.3, 0.4) is 0 Å². The van der Waals surface area contributed by atoms with Crippen LogP contribution in [0, 0.1) is 5.92 Å². The molecule has 0 saturated carbocycles. The van der Waals surface area contributed by atoms with Crippen molar-refractivity contribution in [3.8, 4) is 0 Å². The fraction of sp³-hybridized carbons (Fsp3) is 0.217. The summed E-state index contributed by atoms with van der Waals surface area (Å²) in [6.07, 6.45) is 20.0. The summed E-state index contributed by atoms with van der Waals surface area (Å²) in [4.78, 5) is 0. The van der Waals surface area contributed by atoms with Gasteiger partial charge in [0.25, 0.3) is 0 Å². The molecule has 2 nitrogen and oxygen atoms in total. The molecule has 0 amide bonds. The Kier molecular flexibility index (Phi) is 3.57. The van der Waals surface area contributed by atoms with E-state index in [-0.39, 0.29) is 0 Å². The van der Waals surface area contributed by atoms with Gasteiger partial charge in [0.2, 0.25) is 0 Å². The van der Waals surface area contributed by atoms with Crippen molar-refractivity contribution in [1.29, 1.82) is 0 Å². The fourth-order valence-electron chi connectivity index (χ4n) is 4.51. The minimum absolute atomic E-state index is 0.323. The highest BCUT2D eigenvalue weighted by molar-refractivity contribution is 5.53. The van der Waals surface area contributed by atoms with Crippen molar-refractivity contribution >= 4 is 0 Å². The SMILES string of the molecule is C1=CC2=C(C(C3=CNC4C=CC=CC34)c3ccccc3)CNC2C=C1. The molecule has 0 bridgehead atoms. The van der Waals surface area contributed by atoms with Crippen molar-refractivity contribution in [3.63, 3.8) is 0 Å². The molecule has 2 heteroatoms. The first-order chi connectivity index (χ1) is 12.4. The Labute approximate surface area is 149 Å². The Bertz CT molecular complexity index is 851. The van der Waals surface area contributed by atoms with Gasteiger partial charge >= 0.3 is 0 Å². The van der Waals surface area contributed by atoms with Gasteiger partial charge in [-0.15, -0.1) is 0 Å². The molecule has 1 aromatic carbocycles. The zero-order valence-corrected chi connectivity index (χ0v) is 14.1. The van der Waals surface area contributed by atoms with E-state index in [1.165, 1.54) is 22.3 Å². The van der Waals surface area contributed by atoms with E-state index in [1.54, 1.807) is 0 Å².